The lowest BCUT2D eigenvalue weighted by molar-refractivity contribution is -0.117. The summed E-state index contributed by atoms with van der Waals surface area (Å²) in [7, 11) is 0. The van der Waals surface area contributed by atoms with Gasteiger partial charge in [-0.2, -0.15) is 0 Å². The number of benzene rings is 2. The molecular formula is C20H23FN4O. The second-order valence-corrected chi connectivity index (χ2v) is 6.06. The number of guanidine groups is 1. The second kappa shape index (κ2) is 8.47. The number of anilines is 1. The first-order valence-electron chi connectivity index (χ1n) is 8.83. The van der Waals surface area contributed by atoms with Crippen LogP contribution in [0.1, 0.15) is 18.1 Å². The van der Waals surface area contributed by atoms with Gasteiger partial charge in [-0.1, -0.05) is 36.4 Å². The van der Waals surface area contributed by atoms with E-state index in [4.69, 9.17) is 0 Å². The molecule has 0 aromatic heterocycles. The molecule has 0 aliphatic carbocycles. The first-order valence-corrected chi connectivity index (χ1v) is 8.83. The maximum absolute atomic E-state index is 13.7. The van der Waals surface area contributed by atoms with Gasteiger partial charge in [0.15, 0.2) is 5.96 Å². The van der Waals surface area contributed by atoms with Gasteiger partial charge in [0.05, 0.1) is 13.1 Å². The van der Waals surface area contributed by atoms with Crippen LogP contribution in [0.2, 0.25) is 0 Å². The Labute approximate surface area is 152 Å². The topological polar surface area (TPSA) is 56.7 Å². The number of fused-ring (bicyclic) bond motifs is 1. The summed E-state index contributed by atoms with van der Waals surface area (Å²) in [4.78, 5) is 18.7. The van der Waals surface area contributed by atoms with Crippen LogP contribution in [-0.2, 0) is 17.8 Å². The van der Waals surface area contributed by atoms with Crippen LogP contribution in [0.4, 0.5) is 10.1 Å². The summed E-state index contributed by atoms with van der Waals surface area (Å²) in [5.74, 6) is 0.208. The molecule has 1 amide bonds. The van der Waals surface area contributed by atoms with Crippen molar-refractivity contribution in [3.8, 4) is 0 Å². The number of hydrogen-bond donors (Lipinski definition) is 2. The SMILES string of the molecule is CCNC(=NCc1ccccc1F)NCC(=O)N1CCc2ccccc21. The number of aliphatic imine (C=N–C) groups is 1. The largest absolute Gasteiger partial charge is 0.357 e. The lowest BCUT2D eigenvalue weighted by Crippen LogP contribution is -2.44. The standard InChI is InChI=1S/C20H23FN4O/c1-2-22-20(23-13-16-8-3-5-9-17(16)21)24-14-19(26)25-12-11-15-7-4-6-10-18(15)25/h3-10H,2,11-14H2,1H3,(H2,22,23,24). The van der Waals surface area contributed by atoms with E-state index >= 15 is 0 Å². The third-order valence-corrected chi connectivity index (χ3v) is 4.30. The fourth-order valence-corrected chi connectivity index (χ4v) is 2.98. The van der Waals surface area contributed by atoms with Gasteiger partial charge in [-0.3, -0.25) is 4.79 Å². The monoisotopic (exact) mass is 354 g/mol. The highest BCUT2D eigenvalue weighted by molar-refractivity contribution is 5.98. The van der Waals surface area contributed by atoms with E-state index in [1.807, 2.05) is 25.1 Å². The van der Waals surface area contributed by atoms with Gasteiger partial charge in [0.1, 0.15) is 5.82 Å². The molecular weight excluding hydrogens is 331 g/mol. The van der Waals surface area contributed by atoms with E-state index in [0.29, 0.717) is 24.6 Å². The van der Waals surface area contributed by atoms with Gasteiger partial charge in [0, 0.05) is 24.3 Å². The van der Waals surface area contributed by atoms with Crippen molar-refractivity contribution in [3.05, 3.63) is 65.5 Å². The Morgan fingerprint density at radius 2 is 1.92 bits per heavy atom. The average molecular weight is 354 g/mol. The highest BCUT2D eigenvalue weighted by Gasteiger charge is 2.23. The number of carbonyl (C=O) groups excluding carboxylic acids is 1. The van der Waals surface area contributed by atoms with Gasteiger partial charge < -0.3 is 15.5 Å². The molecule has 0 fully saturated rings. The van der Waals surface area contributed by atoms with Crippen LogP contribution in [-0.4, -0.2) is 31.5 Å². The quantitative estimate of drug-likeness (QED) is 0.641. The highest BCUT2D eigenvalue weighted by atomic mass is 19.1. The van der Waals surface area contributed by atoms with E-state index in [1.54, 1.807) is 23.1 Å². The fourth-order valence-electron chi connectivity index (χ4n) is 2.98. The normalized spacial score (nSPS) is 13.5. The summed E-state index contributed by atoms with van der Waals surface area (Å²) in [5.41, 5.74) is 2.69. The minimum absolute atomic E-state index is 0.00792. The van der Waals surface area contributed by atoms with E-state index in [-0.39, 0.29) is 24.8 Å². The molecule has 0 atom stereocenters. The Kier molecular flexibility index (Phi) is 5.84. The van der Waals surface area contributed by atoms with Crippen molar-refractivity contribution in [2.75, 3.05) is 24.5 Å². The van der Waals surface area contributed by atoms with Crippen molar-refractivity contribution in [2.24, 2.45) is 4.99 Å². The predicted octanol–water partition coefficient (Wildman–Crippen LogP) is 2.47. The fraction of sp³-hybridized carbons (Fsp3) is 0.300. The molecule has 5 nitrogen and oxygen atoms in total. The van der Waals surface area contributed by atoms with Crippen LogP contribution < -0.4 is 15.5 Å². The summed E-state index contributed by atoms with van der Waals surface area (Å²) in [6.07, 6.45) is 0.878. The highest BCUT2D eigenvalue weighted by Crippen LogP contribution is 2.27. The van der Waals surface area contributed by atoms with Crippen molar-refractivity contribution in [2.45, 2.75) is 19.9 Å². The van der Waals surface area contributed by atoms with Gasteiger partial charge in [-0.05, 0) is 31.0 Å². The second-order valence-electron chi connectivity index (χ2n) is 6.06. The molecule has 26 heavy (non-hydrogen) atoms. The van der Waals surface area contributed by atoms with Crippen molar-refractivity contribution >= 4 is 17.6 Å². The smallest absolute Gasteiger partial charge is 0.246 e. The molecule has 0 bridgehead atoms. The first kappa shape index (κ1) is 17.9. The molecule has 1 heterocycles. The van der Waals surface area contributed by atoms with E-state index in [2.05, 4.69) is 21.7 Å². The average Bonchev–Trinajstić information content (AvgIpc) is 3.09. The van der Waals surface area contributed by atoms with Crippen molar-refractivity contribution in [3.63, 3.8) is 0 Å². The van der Waals surface area contributed by atoms with Gasteiger partial charge >= 0.3 is 0 Å². The molecule has 136 valence electrons. The minimum Gasteiger partial charge on any atom is -0.357 e. The zero-order chi connectivity index (χ0) is 18.4. The number of carbonyl (C=O) groups is 1. The number of rotatable bonds is 5. The van der Waals surface area contributed by atoms with Gasteiger partial charge in [-0.15, -0.1) is 0 Å². The molecule has 0 radical (unpaired) electrons. The summed E-state index contributed by atoms with van der Waals surface area (Å²) in [6, 6.07) is 14.5. The Morgan fingerprint density at radius 3 is 2.73 bits per heavy atom. The lowest BCUT2D eigenvalue weighted by Gasteiger charge is -2.18. The van der Waals surface area contributed by atoms with E-state index < -0.39 is 0 Å². The van der Waals surface area contributed by atoms with Gasteiger partial charge in [0.2, 0.25) is 5.91 Å². The predicted molar refractivity (Wildman–Crippen MR) is 102 cm³/mol. The molecule has 1 aliphatic heterocycles. The Morgan fingerprint density at radius 1 is 1.15 bits per heavy atom. The van der Waals surface area contributed by atoms with Crippen LogP contribution >= 0.6 is 0 Å². The maximum atomic E-state index is 13.7. The molecule has 0 saturated carbocycles. The molecule has 2 aromatic rings. The van der Waals surface area contributed by atoms with Crippen LogP contribution in [0.5, 0.6) is 0 Å². The molecule has 0 saturated heterocycles. The maximum Gasteiger partial charge on any atom is 0.246 e. The molecule has 0 unspecified atom stereocenters. The van der Waals surface area contributed by atoms with Crippen LogP contribution in [0, 0.1) is 5.82 Å². The molecule has 3 rings (SSSR count). The summed E-state index contributed by atoms with van der Waals surface area (Å²) >= 11 is 0. The van der Waals surface area contributed by atoms with Gasteiger partial charge in [-0.25, -0.2) is 9.38 Å². The van der Waals surface area contributed by atoms with Crippen molar-refractivity contribution < 1.29 is 9.18 Å². The number of hydrogen-bond acceptors (Lipinski definition) is 2. The molecule has 0 spiro atoms. The Bertz CT molecular complexity index is 806. The van der Waals surface area contributed by atoms with Crippen LogP contribution in [0.25, 0.3) is 0 Å². The zero-order valence-electron chi connectivity index (χ0n) is 14.8. The third kappa shape index (κ3) is 4.20. The number of halogens is 1. The molecule has 6 heteroatoms. The van der Waals surface area contributed by atoms with Crippen LogP contribution in [0.3, 0.4) is 0 Å². The first-order chi connectivity index (χ1) is 12.7. The Hall–Kier alpha value is -2.89. The Balaban J connectivity index is 1.61. The summed E-state index contributed by atoms with van der Waals surface area (Å²) < 4.78 is 13.7. The minimum atomic E-state index is -0.281. The van der Waals surface area contributed by atoms with E-state index in [9.17, 15) is 9.18 Å². The zero-order valence-corrected chi connectivity index (χ0v) is 14.8. The number of para-hydroxylation sites is 1. The van der Waals surface area contributed by atoms with E-state index in [1.165, 1.54) is 11.6 Å². The third-order valence-electron chi connectivity index (χ3n) is 4.30. The van der Waals surface area contributed by atoms with Crippen molar-refractivity contribution in [1.82, 2.24) is 10.6 Å². The summed E-state index contributed by atoms with van der Waals surface area (Å²) in [6.45, 7) is 3.64. The number of amides is 1. The molecule has 1 aliphatic rings. The molecule has 2 aromatic carbocycles. The molecule has 2 N–H and O–H groups in total. The van der Waals surface area contributed by atoms with E-state index in [0.717, 1.165) is 12.1 Å². The van der Waals surface area contributed by atoms with Gasteiger partial charge in [0.25, 0.3) is 0 Å². The number of nitrogens with one attached hydrogen (secondary N) is 2. The van der Waals surface area contributed by atoms with Crippen molar-refractivity contribution in [1.29, 1.82) is 0 Å². The number of nitrogens with zero attached hydrogens (tertiary/aromatic N) is 2. The summed E-state index contributed by atoms with van der Waals surface area (Å²) in [5, 5.41) is 6.13. The lowest BCUT2D eigenvalue weighted by atomic mass is 10.2. The van der Waals surface area contributed by atoms with Crippen LogP contribution in [0.15, 0.2) is 53.5 Å².